The first-order chi connectivity index (χ1) is 12.9. The zero-order valence-electron chi connectivity index (χ0n) is 14.6. The predicted octanol–water partition coefficient (Wildman–Crippen LogP) is 5.77. The van der Waals surface area contributed by atoms with Gasteiger partial charge in [0.25, 0.3) is 5.91 Å². The number of aryl methyl sites for hydroxylation is 2. The molecule has 0 aliphatic rings. The van der Waals surface area contributed by atoms with Crippen LogP contribution in [0.5, 0.6) is 0 Å². The predicted molar refractivity (Wildman–Crippen MR) is 107 cm³/mol. The second-order valence-electron chi connectivity index (χ2n) is 6.27. The van der Waals surface area contributed by atoms with E-state index in [0.717, 1.165) is 11.3 Å². The second-order valence-corrected chi connectivity index (χ2v) is 7.14. The number of amides is 1. The van der Waals surface area contributed by atoms with Gasteiger partial charge < -0.3 is 9.73 Å². The molecule has 7 heteroatoms. The topological polar surface area (TPSA) is 59.5 Å². The van der Waals surface area contributed by atoms with E-state index in [9.17, 15) is 4.79 Å². The Labute approximate surface area is 165 Å². The number of carbonyl (C=O) groups excluding carboxylic acids is 1. The second kappa shape index (κ2) is 6.76. The Kier molecular flexibility index (Phi) is 4.42. The van der Waals surface area contributed by atoms with Gasteiger partial charge in [-0.15, -0.1) is 0 Å². The lowest BCUT2D eigenvalue weighted by Gasteiger charge is -2.08. The Morgan fingerprint density at radius 1 is 1.07 bits per heavy atom. The zero-order valence-corrected chi connectivity index (χ0v) is 16.1. The van der Waals surface area contributed by atoms with Gasteiger partial charge in [-0.3, -0.25) is 9.20 Å². The minimum Gasteiger partial charge on any atom is -0.460 e. The first kappa shape index (κ1) is 17.6. The number of benzene rings is 1. The molecule has 0 spiro atoms. The van der Waals surface area contributed by atoms with E-state index in [1.807, 2.05) is 48.7 Å². The van der Waals surface area contributed by atoms with Crippen molar-refractivity contribution in [2.75, 3.05) is 5.32 Å². The van der Waals surface area contributed by atoms with Gasteiger partial charge >= 0.3 is 0 Å². The van der Waals surface area contributed by atoms with Crippen LogP contribution in [-0.2, 0) is 0 Å². The molecule has 4 rings (SSSR count). The Morgan fingerprint density at radius 3 is 2.48 bits per heavy atom. The molecule has 27 heavy (non-hydrogen) atoms. The molecular weight excluding hydrogens is 385 g/mol. The molecule has 3 aromatic heterocycles. The third kappa shape index (κ3) is 3.44. The zero-order chi connectivity index (χ0) is 19.1. The van der Waals surface area contributed by atoms with Crippen LogP contribution in [0.3, 0.4) is 0 Å². The number of furan rings is 1. The fraction of sp³-hybridized carbons (Fsp3) is 0.100. The van der Waals surface area contributed by atoms with Crippen molar-refractivity contribution in [3.63, 3.8) is 0 Å². The summed E-state index contributed by atoms with van der Waals surface area (Å²) in [7, 11) is 0. The molecule has 4 aromatic rings. The summed E-state index contributed by atoms with van der Waals surface area (Å²) in [5.41, 5.74) is 2.64. The van der Waals surface area contributed by atoms with E-state index >= 15 is 0 Å². The number of hydrogen-bond acceptors (Lipinski definition) is 3. The van der Waals surface area contributed by atoms with Gasteiger partial charge in [-0.25, -0.2) is 4.98 Å². The van der Waals surface area contributed by atoms with Crippen molar-refractivity contribution in [2.45, 2.75) is 13.8 Å². The highest BCUT2D eigenvalue weighted by Crippen LogP contribution is 2.31. The molecule has 0 bridgehead atoms. The fourth-order valence-electron chi connectivity index (χ4n) is 2.87. The van der Waals surface area contributed by atoms with Crippen molar-refractivity contribution >= 4 is 40.6 Å². The van der Waals surface area contributed by atoms with Crippen LogP contribution in [0.4, 0.5) is 5.82 Å². The minimum atomic E-state index is -0.341. The molecule has 0 unspecified atom stereocenters. The number of carbonyl (C=O) groups is 1. The van der Waals surface area contributed by atoms with Crippen LogP contribution in [0.1, 0.15) is 21.7 Å². The lowest BCUT2D eigenvalue weighted by atomic mass is 10.2. The standard InChI is InChI=1S/C20H15Cl2N3O2/c1-11-3-6-17-23-18(16-5-4-12(2)27-16)19(25(17)10-11)24-20(26)13-7-14(21)9-15(22)8-13/h3-10H,1-2H3,(H,24,26). The molecule has 1 amide bonds. The molecule has 0 radical (unpaired) electrons. The van der Waals surface area contributed by atoms with Crippen LogP contribution in [0, 0.1) is 13.8 Å². The van der Waals surface area contributed by atoms with Crippen molar-refractivity contribution in [3.8, 4) is 11.5 Å². The van der Waals surface area contributed by atoms with Crippen LogP contribution in [0.15, 0.2) is 53.1 Å². The van der Waals surface area contributed by atoms with E-state index < -0.39 is 0 Å². The Balaban J connectivity index is 1.83. The van der Waals surface area contributed by atoms with Gasteiger partial charge in [-0.05, 0) is 55.8 Å². The summed E-state index contributed by atoms with van der Waals surface area (Å²) in [5.74, 6) is 1.52. The summed E-state index contributed by atoms with van der Waals surface area (Å²) in [5, 5.41) is 3.71. The number of pyridine rings is 1. The first-order valence-corrected chi connectivity index (χ1v) is 8.99. The normalized spacial score (nSPS) is 11.1. The Bertz CT molecular complexity index is 1160. The highest BCUT2D eigenvalue weighted by molar-refractivity contribution is 6.35. The molecule has 136 valence electrons. The quantitative estimate of drug-likeness (QED) is 0.475. The van der Waals surface area contributed by atoms with Crippen LogP contribution in [-0.4, -0.2) is 15.3 Å². The molecule has 0 saturated carbocycles. The van der Waals surface area contributed by atoms with Gasteiger partial charge in [0, 0.05) is 21.8 Å². The van der Waals surface area contributed by atoms with Gasteiger partial charge in [0.05, 0.1) is 0 Å². The SMILES string of the molecule is Cc1ccc2nc(-c3ccc(C)o3)c(NC(=O)c3cc(Cl)cc(Cl)c3)n2c1. The van der Waals surface area contributed by atoms with Gasteiger partial charge in [-0.2, -0.15) is 0 Å². The van der Waals surface area contributed by atoms with Crippen molar-refractivity contribution in [1.82, 2.24) is 9.38 Å². The summed E-state index contributed by atoms with van der Waals surface area (Å²) < 4.78 is 7.55. The van der Waals surface area contributed by atoms with Crippen LogP contribution in [0.2, 0.25) is 10.0 Å². The molecule has 0 saturated heterocycles. The van der Waals surface area contributed by atoms with Crippen molar-refractivity contribution in [1.29, 1.82) is 0 Å². The highest BCUT2D eigenvalue weighted by Gasteiger charge is 2.20. The van der Waals surface area contributed by atoms with Gasteiger partial charge in [0.1, 0.15) is 22.9 Å². The molecule has 3 heterocycles. The largest absolute Gasteiger partial charge is 0.460 e. The van der Waals surface area contributed by atoms with E-state index in [0.29, 0.717) is 38.5 Å². The lowest BCUT2D eigenvalue weighted by Crippen LogP contribution is -2.14. The first-order valence-electron chi connectivity index (χ1n) is 8.24. The smallest absolute Gasteiger partial charge is 0.256 e. The summed E-state index contributed by atoms with van der Waals surface area (Å²) in [6, 6.07) is 12.2. The van der Waals surface area contributed by atoms with Crippen molar-refractivity contribution in [3.05, 3.63) is 75.6 Å². The molecule has 0 aliphatic heterocycles. The van der Waals surface area contributed by atoms with Crippen molar-refractivity contribution in [2.24, 2.45) is 0 Å². The van der Waals surface area contributed by atoms with E-state index in [-0.39, 0.29) is 5.91 Å². The molecule has 1 aromatic carbocycles. The van der Waals surface area contributed by atoms with Gasteiger partial charge in [-0.1, -0.05) is 29.3 Å². The number of anilines is 1. The number of aromatic nitrogens is 2. The monoisotopic (exact) mass is 399 g/mol. The van der Waals surface area contributed by atoms with Crippen LogP contribution in [0.25, 0.3) is 17.1 Å². The van der Waals surface area contributed by atoms with Crippen LogP contribution >= 0.6 is 23.2 Å². The lowest BCUT2D eigenvalue weighted by molar-refractivity contribution is 0.102. The van der Waals surface area contributed by atoms with Gasteiger partial charge in [0.2, 0.25) is 0 Å². The summed E-state index contributed by atoms with van der Waals surface area (Å²) in [6.45, 7) is 3.83. The average Bonchev–Trinajstić information content (AvgIpc) is 3.18. The van der Waals surface area contributed by atoms with E-state index in [1.165, 1.54) is 0 Å². The number of nitrogens with zero attached hydrogens (tertiary/aromatic N) is 2. The number of nitrogens with one attached hydrogen (secondary N) is 1. The number of imidazole rings is 1. The fourth-order valence-corrected chi connectivity index (χ4v) is 3.39. The summed E-state index contributed by atoms with van der Waals surface area (Å²) in [6.07, 6.45) is 1.90. The molecule has 0 aliphatic carbocycles. The third-order valence-electron chi connectivity index (χ3n) is 4.10. The number of hydrogen-bond donors (Lipinski definition) is 1. The minimum absolute atomic E-state index is 0.341. The van der Waals surface area contributed by atoms with E-state index in [4.69, 9.17) is 27.6 Å². The third-order valence-corrected chi connectivity index (χ3v) is 4.53. The average molecular weight is 400 g/mol. The molecule has 0 atom stereocenters. The highest BCUT2D eigenvalue weighted by atomic mass is 35.5. The van der Waals surface area contributed by atoms with Crippen LogP contribution < -0.4 is 5.32 Å². The maximum atomic E-state index is 12.8. The molecule has 0 fully saturated rings. The number of rotatable bonds is 3. The summed E-state index contributed by atoms with van der Waals surface area (Å²) in [4.78, 5) is 17.5. The number of halogens is 2. The Hall–Kier alpha value is -2.76. The van der Waals surface area contributed by atoms with Crippen molar-refractivity contribution < 1.29 is 9.21 Å². The van der Waals surface area contributed by atoms with E-state index in [2.05, 4.69) is 10.3 Å². The molecule has 1 N–H and O–H groups in total. The van der Waals surface area contributed by atoms with Gasteiger partial charge in [0.15, 0.2) is 5.76 Å². The molecule has 5 nitrogen and oxygen atoms in total. The maximum Gasteiger partial charge on any atom is 0.256 e. The Morgan fingerprint density at radius 2 is 1.81 bits per heavy atom. The summed E-state index contributed by atoms with van der Waals surface area (Å²) >= 11 is 12.0. The maximum absolute atomic E-state index is 12.8. The number of fused-ring (bicyclic) bond motifs is 1. The molecular formula is C20H15Cl2N3O2. The van der Waals surface area contributed by atoms with E-state index in [1.54, 1.807) is 18.2 Å².